The summed E-state index contributed by atoms with van der Waals surface area (Å²) in [6, 6.07) is 18.3. The number of amides is 3. The van der Waals surface area contributed by atoms with Gasteiger partial charge in [0.25, 0.3) is 5.91 Å². The van der Waals surface area contributed by atoms with Gasteiger partial charge in [0, 0.05) is 42.3 Å². The molecule has 32 heavy (non-hydrogen) atoms. The van der Waals surface area contributed by atoms with Crippen LogP contribution in [-0.4, -0.2) is 58.9 Å². The van der Waals surface area contributed by atoms with Crippen molar-refractivity contribution >= 4 is 39.5 Å². The van der Waals surface area contributed by atoms with Crippen molar-refractivity contribution in [3.8, 4) is 11.3 Å². The van der Waals surface area contributed by atoms with Crippen LogP contribution in [0.5, 0.6) is 0 Å². The van der Waals surface area contributed by atoms with Crippen molar-refractivity contribution in [2.75, 3.05) is 31.5 Å². The van der Waals surface area contributed by atoms with E-state index in [-0.39, 0.29) is 24.1 Å². The number of benzene rings is 2. The highest BCUT2D eigenvalue weighted by atomic mass is 79.9. The zero-order chi connectivity index (χ0) is 22.5. The molecule has 164 valence electrons. The van der Waals surface area contributed by atoms with Crippen LogP contribution in [0.3, 0.4) is 0 Å². The number of nitrogens with zero attached hydrogens (tertiary/aromatic N) is 3. The monoisotopic (exact) mass is 496 g/mol. The van der Waals surface area contributed by atoms with Gasteiger partial charge in [0.15, 0.2) is 0 Å². The van der Waals surface area contributed by atoms with Crippen LogP contribution < -0.4 is 5.32 Å². The Morgan fingerprint density at radius 3 is 2.31 bits per heavy atom. The molecule has 0 radical (unpaired) electrons. The molecule has 0 bridgehead atoms. The van der Waals surface area contributed by atoms with Crippen molar-refractivity contribution < 1.29 is 18.9 Å². The van der Waals surface area contributed by atoms with Crippen LogP contribution in [-0.2, 0) is 9.59 Å². The second kappa shape index (κ2) is 9.78. The van der Waals surface area contributed by atoms with Gasteiger partial charge in [-0.05, 0) is 28.1 Å². The molecule has 2 heterocycles. The molecule has 3 aromatic rings. The summed E-state index contributed by atoms with van der Waals surface area (Å²) in [6.07, 6.45) is -0.306. The van der Waals surface area contributed by atoms with E-state index >= 15 is 0 Å². The van der Waals surface area contributed by atoms with Gasteiger partial charge in [-0.2, -0.15) is 0 Å². The average Bonchev–Trinajstić information content (AvgIpc) is 3.28. The van der Waals surface area contributed by atoms with E-state index in [0.717, 1.165) is 10.0 Å². The van der Waals surface area contributed by atoms with E-state index in [2.05, 4.69) is 26.4 Å². The highest BCUT2D eigenvalue weighted by Gasteiger charge is 2.26. The molecular weight excluding hydrogens is 476 g/mol. The third-order valence-electron chi connectivity index (χ3n) is 5.18. The van der Waals surface area contributed by atoms with E-state index in [1.807, 2.05) is 48.5 Å². The molecule has 0 aliphatic carbocycles. The average molecular weight is 497 g/mol. The Hall–Kier alpha value is -3.46. The second-order valence-corrected chi connectivity index (χ2v) is 8.17. The first kappa shape index (κ1) is 21.8. The number of hydrogen-bond acceptors (Lipinski definition) is 5. The minimum absolute atomic E-state index is 0.0816. The summed E-state index contributed by atoms with van der Waals surface area (Å²) < 4.78 is 5.89. The number of hydrogen-bond donors (Lipinski definition) is 1. The molecule has 3 amide bonds. The maximum atomic E-state index is 12.7. The van der Waals surface area contributed by atoms with Gasteiger partial charge in [0.2, 0.25) is 17.7 Å². The lowest BCUT2D eigenvalue weighted by Gasteiger charge is -2.34. The minimum atomic E-state index is -0.475. The summed E-state index contributed by atoms with van der Waals surface area (Å²) in [5.74, 6) is -0.664. The number of piperazine rings is 1. The number of nitrogens with one attached hydrogen (secondary N) is 1. The quantitative estimate of drug-likeness (QED) is 0.546. The van der Waals surface area contributed by atoms with Gasteiger partial charge in [0.05, 0.1) is 5.56 Å². The molecule has 0 atom stereocenters. The number of carbonyl (C=O) groups excluding carboxylic acids is 3. The van der Waals surface area contributed by atoms with E-state index < -0.39 is 5.91 Å². The molecular formula is C23H21BrN4O4. The number of carbonyl (C=O) groups is 3. The molecule has 1 aliphatic heterocycles. The van der Waals surface area contributed by atoms with Gasteiger partial charge in [-0.1, -0.05) is 47.6 Å². The van der Waals surface area contributed by atoms with Crippen LogP contribution in [0.25, 0.3) is 11.3 Å². The summed E-state index contributed by atoms with van der Waals surface area (Å²) in [6.45, 7) is 1.58. The Labute approximate surface area is 193 Å². The summed E-state index contributed by atoms with van der Waals surface area (Å²) in [5.41, 5.74) is 2.05. The van der Waals surface area contributed by atoms with Crippen LogP contribution in [0.4, 0.5) is 5.88 Å². The van der Waals surface area contributed by atoms with Crippen molar-refractivity contribution in [3.63, 3.8) is 0 Å². The van der Waals surface area contributed by atoms with E-state index in [4.69, 9.17) is 4.52 Å². The zero-order valence-corrected chi connectivity index (χ0v) is 18.7. The predicted octanol–water partition coefficient (Wildman–Crippen LogP) is 3.42. The number of rotatable bonds is 5. The van der Waals surface area contributed by atoms with Gasteiger partial charge in [-0.15, -0.1) is 0 Å². The minimum Gasteiger partial charge on any atom is -0.339 e. The van der Waals surface area contributed by atoms with Gasteiger partial charge < -0.3 is 14.3 Å². The van der Waals surface area contributed by atoms with Crippen LogP contribution in [0.15, 0.2) is 69.7 Å². The van der Waals surface area contributed by atoms with Crippen LogP contribution >= 0.6 is 15.9 Å². The van der Waals surface area contributed by atoms with Crippen LogP contribution in [0.2, 0.25) is 0 Å². The Bertz CT molecular complexity index is 1120. The van der Waals surface area contributed by atoms with Crippen molar-refractivity contribution in [3.05, 3.63) is 70.7 Å². The molecule has 1 aromatic heterocycles. The Morgan fingerprint density at radius 1 is 0.938 bits per heavy atom. The molecule has 9 heteroatoms. The first-order valence-electron chi connectivity index (χ1n) is 10.1. The molecule has 8 nitrogen and oxygen atoms in total. The van der Waals surface area contributed by atoms with E-state index in [0.29, 0.717) is 37.4 Å². The fourth-order valence-corrected chi connectivity index (χ4v) is 3.93. The molecule has 2 aromatic carbocycles. The van der Waals surface area contributed by atoms with Crippen molar-refractivity contribution in [2.45, 2.75) is 6.42 Å². The van der Waals surface area contributed by atoms with Crippen LogP contribution in [0, 0.1) is 0 Å². The molecule has 0 spiro atoms. The van der Waals surface area contributed by atoms with E-state index in [1.54, 1.807) is 21.9 Å². The molecule has 1 aliphatic rings. The Balaban J connectivity index is 1.27. The normalized spacial score (nSPS) is 13.7. The first-order chi connectivity index (χ1) is 15.5. The maximum absolute atomic E-state index is 12.7. The smallest absolute Gasteiger partial charge is 0.255 e. The topological polar surface area (TPSA) is 95.8 Å². The third-order valence-corrected chi connectivity index (χ3v) is 5.87. The first-order valence-corrected chi connectivity index (χ1v) is 10.9. The molecule has 0 saturated carbocycles. The standard InChI is InChI=1S/C23H21BrN4O4/c24-18-9-5-4-8-17(18)23(31)28-12-10-27(11-13-28)22(30)15-20(29)25-21-14-19(26-32-21)16-6-2-1-3-7-16/h1-9,14H,10-13,15H2,(H,25,29). The SMILES string of the molecule is O=C(CC(=O)N1CCN(C(=O)c2ccccc2Br)CC1)Nc1cc(-c2ccccc2)no1. The highest BCUT2D eigenvalue weighted by Crippen LogP contribution is 2.22. The van der Waals surface area contributed by atoms with Crippen molar-refractivity contribution in [1.29, 1.82) is 0 Å². The predicted molar refractivity (Wildman–Crippen MR) is 122 cm³/mol. The van der Waals surface area contributed by atoms with E-state index in [1.165, 1.54) is 0 Å². The van der Waals surface area contributed by atoms with Crippen LogP contribution in [0.1, 0.15) is 16.8 Å². The van der Waals surface area contributed by atoms with Crippen molar-refractivity contribution in [2.24, 2.45) is 0 Å². The second-order valence-electron chi connectivity index (χ2n) is 7.32. The zero-order valence-electron chi connectivity index (χ0n) is 17.2. The molecule has 1 fully saturated rings. The number of aromatic nitrogens is 1. The Morgan fingerprint density at radius 2 is 1.59 bits per heavy atom. The van der Waals surface area contributed by atoms with Gasteiger partial charge in [0.1, 0.15) is 12.1 Å². The number of anilines is 1. The summed E-state index contributed by atoms with van der Waals surface area (Å²) >= 11 is 3.40. The summed E-state index contributed by atoms with van der Waals surface area (Å²) in [5, 5.41) is 6.51. The van der Waals surface area contributed by atoms with Gasteiger partial charge in [-0.25, -0.2) is 0 Å². The fraction of sp³-hybridized carbons (Fsp3) is 0.217. The summed E-state index contributed by atoms with van der Waals surface area (Å²) in [7, 11) is 0. The maximum Gasteiger partial charge on any atom is 0.255 e. The molecule has 1 saturated heterocycles. The molecule has 0 unspecified atom stereocenters. The van der Waals surface area contributed by atoms with Gasteiger partial charge >= 0.3 is 0 Å². The largest absolute Gasteiger partial charge is 0.339 e. The third kappa shape index (κ3) is 5.05. The highest BCUT2D eigenvalue weighted by molar-refractivity contribution is 9.10. The number of halogens is 1. The van der Waals surface area contributed by atoms with Crippen molar-refractivity contribution in [1.82, 2.24) is 15.0 Å². The molecule has 1 N–H and O–H groups in total. The molecule has 4 rings (SSSR count). The Kier molecular flexibility index (Phi) is 6.65. The van der Waals surface area contributed by atoms with Gasteiger partial charge in [-0.3, -0.25) is 19.7 Å². The lowest BCUT2D eigenvalue weighted by Crippen LogP contribution is -2.51. The lowest BCUT2D eigenvalue weighted by molar-refractivity contribution is -0.135. The lowest BCUT2D eigenvalue weighted by atomic mass is 10.1. The van der Waals surface area contributed by atoms with E-state index in [9.17, 15) is 14.4 Å². The fourth-order valence-electron chi connectivity index (χ4n) is 3.47. The summed E-state index contributed by atoms with van der Waals surface area (Å²) in [4.78, 5) is 40.8.